The molecule has 0 spiro atoms. The summed E-state index contributed by atoms with van der Waals surface area (Å²) in [6.07, 6.45) is 3.21. The van der Waals surface area contributed by atoms with Crippen molar-refractivity contribution >= 4 is 0 Å². The Bertz CT molecular complexity index is 138. The van der Waals surface area contributed by atoms with Crippen molar-refractivity contribution in [2.45, 2.75) is 20.3 Å². The second kappa shape index (κ2) is 1.81. The minimum Gasteiger partial charge on any atom is -0.501 e. The Morgan fingerprint density at radius 1 is 1.75 bits per heavy atom. The first-order chi connectivity index (χ1) is 4.10. The van der Waals surface area contributed by atoms with E-state index in [1.165, 1.54) is 0 Å². The standard InChI is InChI=1S/C7H12O/c1-7(2)3-5-8-6-4-7/h3,5H,4,6H2,1-2H3/i5D. The first-order valence-corrected chi connectivity index (χ1v) is 2.92. The summed E-state index contributed by atoms with van der Waals surface area (Å²) >= 11 is 0. The summed E-state index contributed by atoms with van der Waals surface area (Å²) in [6, 6.07) is 0. The first-order valence-electron chi connectivity index (χ1n) is 3.42. The summed E-state index contributed by atoms with van der Waals surface area (Å²) in [5.74, 6) is 0. The van der Waals surface area contributed by atoms with E-state index in [9.17, 15) is 0 Å². The monoisotopic (exact) mass is 113 g/mol. The van der Waals surface area contributed by atoms with E-state index in [-0.39, 0.29) is 5.41 Å². The molecule has 0 radical (unpaired) electrons. The first kappa shape index (κ1) is 4.42. The predicted molar refractivity (Wildman–Crippen MR) is 33.5 cm³/mol. The van der Waals surface area contributed by atoms with Crippen LogP contribution in [-0.4, -0.2) is 6.61 Å². The Kier molecular flexibility index (Phi) is 0.999. The third-order valence-corrected chi connectivity index (χ3v) is 1.38. The molecule has 0 N–H and O–H groups in total. The number of allylic oxidation sites excluding steroid dienone is 1. The highest BCUT2D eigenvalue weighted by molar-refractivity contribution is 4.93. The molecule has 0 bridgehead atoms. The van der Waals surface area contributed by atoms with Gasteiger partial charge in [0, 0.05) is 0 Å². The number of hydrogen-bond donors (Lipinski definition) is 0. The van der Waals surface area contributed by atoms with Crippen LogP contribution in [0.25, 0.3) is 0 Å². The van der Waals surface area contributed by atoms with Crippen LogP contribution in [0.5, 0.6) is 0 Å². The summed E-state index contributed by atoms with van der Waals surface area (Å²) in [7, 11) is 0. The Hall–Kier alpha value is -0.460. The van der Waals surface area contributed by atoms with Crippen LogP contribution >= 0.6 is 0 Å². The van der Waals surface area contributed by atoms with Gasteiger partial charge in [-0.3, -0.25) is 0 Å². The fraction of sp³-hybridized carbons (Fsp3) is 0.714. The lowest BCUT2D eigenvalue weighted by atomic mass is 9.89. The van der Waals surface area contributed by atoms with Crippen LogP contribution in [0.3, 0.4) is 0 Å². The molecule has 0 amide bonds. The zero-order chi connectivity index (χ0) is 6.91. The Morgan fingerprint density at radius 3 is 2.88 bits per heavy atom. The summed E-state index contributed by atoms with van der Waals surface area (Å²) in [4.78, 5) is 0. The Morgan fingerprint density at radius 2 is 2.50 bits per heavy atom. The van der Waals surface area contributed by atoms with Gasteiger partial charge in [-0.1, -0.05) is 13.8 Å². The third kappa shape index (κ3) is 1.25. The van der Waals surface area contributed by atoms with Crippen LogP contribution in [0.4, 0.5) is 0 Å². The molecule has 1 aliphatic rings. The average Bonchev–Trinajstić information content (AvgIpc) is 1.60. The van der Waals surface area contributed by atoms with Crippen LogP contribution in [-0.2, 0) is 4.74 Å². The Labute approximate surface area is 51.8 Å². The van der Waals surface area contributed by atoms with Crippen molar-refractivity contribution in [3.8, 4) is 0 Å². The molecule has 0 aromatic heterocycles. The molecule has 0 saturated carbocycles. The second-order valence-corrected chi connectivity index (χ2v) is 2.85. The van der Waals surface area contributed by atoms with Crippen LogP contribution in [0.1, 0.15) is 21.6 Å². The van der Waals surface area contributed by atoms with Crippen molar-refractivity contribution in [3.05, 3.63) is 12.3 Å². The van der Waals surface area contributed by atoms with Crippen molar-refractivity contribution in [1.82, 2.24) is 0 Å². The molecule has 8 heavy (non-hydrogen) atoms. The van der Waals surface area contributed by atoms with Gasteiger partial charge in [-0.2, -0.15) is 0 Å². The van der Waals surface area contributed by atoms with Gasteiger partial charge in [0.05, 0.1) is 12.8 Å². The molecular weight excluding hydrogens is 100 g/mol. The fourth-order valence-corrected chi connectivity index (χ4v) is 0.646. The van der Waals surface area contributed by atoms with E-state index < -0.39 is 0 Å². The second-order valence-electron chi connectivity index (χ2n) is 2.85. The van der Waals surface area contributed by atoms with Crippen molar-refractivity contribution < 1.29 is 6.11 Å². The topological polar surface area (TPSA) is 9.23 Å². The maximum absolute atomic E-state index is 7.17. The van der Waals surface area contributed by atoms with Gasteiger partial charge >= 0.3 is 0 Å². The van der Waals surface area contributed by atoms with Gasteiger partial charge in [0.25, 0.3) is 0 Å². The van der Waals surface area contributed by atoms with E-state index in [0.717, 1.165) is 6.42 Å². The molecule has 1 heterocycles. The molecule has 1 nitrogen and oxygen atoms in total. The molecule has 1 aliphatic heterocycles. The lowest BCUT2D eigenvalue weighted by molar-refractivity contribution is 0.179. The SMILES string of the molecule is [2H]C1=CC(C)(C)CCO1. The highest BCUT2D eigenvalue weighted by Gasteiger charge is 2.15. The van der Waals surface area contributed by atoms with Gasteiger partial charge in [-0.05, 0) is 17.9 Å². The van der Waals surface area contributed by atoms with Gasteiger partial charge in [-0.25, -0.2) is 0 Å². The normalized spacial score (nSPS) is 27.8. The average molecular weight is 113 g/mol. The van der Waals surface area contributed by atoms with E-state index in [4.69, 9.17) is 6.11 Å². The highest BCUT2D eigenvalue weighted by Crippen LogP contribution is 2.24. The maximum Gasteiger partial charge on any atom is 0.103 e. The highest BCUT2D eigenvalue weighted by atomic mass is 16.5. The smallest absolute Gasteiger partial charge is 0.103 e. The van der Waals surface area contributed by atoms with Gasteiger partial charge in [0.15, 0.2) is 0 Å². The molecular formula is C7H12O. The van der Waals surface area contributed by atoms with Crippen LogP contribution in [0.2, 0.25) is 0 Å². The molecule has 0 unspecified atom stereocenters. The van der Waals surface area contributed by atoms with E-state index in [1.807, 2.05) is 6.08 Å². The molecule has 0 aromatic carbocycles. The van der Waals surface area contributed by atoms with Gasteiger partial charge < -0.3 is 4.74 Å². The predicted octanol–water partition coefficient (Wildman–Crippen LogP) is 1.95. The zero-order valence-electron chi connectivity index (χ0n) is 6.40. The van der Waals surface area contributed by atoms with Crippen molar-refractivity contribution in [1.29, 1.82) is 0 Å². The van der Waals surface area contributed by atoms with Gasteiger partial charge in [-0.15, -0.1) is 0 Å². The van der Waals surface area contributed by atoms with Gasteiger partial charge in [0.1, 0.15) is 1.37 Å². The van der Waals surface area contributed by atoms with Crippen molar-refractivity contribution in [2.24, 2.45) is 5.41 Å². The van der Waals surface area contributed by atoms with E-state index >= 15 is 0 Å². The largest absolute Gasteiger partial charge is 0.501 e. The Balaban J connectivity index is 2.68. The van der Waals surface area contributed by atoms with E-state index in [1.54, 1.807) is 0 Å². The molecule has 0 aliphatic carbocycles. The fourth-order valence-electron chi connectivity index (χ4n) is 0.646. The lowest BCUT2D eigenvalue weighted by Crippen LogP contribution is -2.14. The molecule has 0 aromatic rings. The minimum absolute atomic E-state index is 0.176. The van der Waals surface area contributed by atoms with E-state index in [0.29, 0.717) is 12.8 Å². The number of hydrogen-bond acceptors (Lipinski definition) is 1. The zero-order valence-corrected chi connectivity index (χ0v) is 5.40. The molecule has 0 atom stereocenters. The number of rotatable bonds is 0. The summed E-state index contributed by atoms with van der Waals surface area (Å²) < 4.78 is 12.1. The molecule has 1 heteroatoms. The van der Waals surface area contributed by atoms with E-state index in [2.05, 4.69) is 13.8 Å². The minimum atomic E-state index is 0.176. The molecule has 1 rings (SSSR count). The van der Waals surface area contributed by atoms with Crippen LogP contribution in [0.15, 0.2) is 12.3 Å². The summed E-state index contributed by atoms with van der Waals surface area (Å²) in [5.41, 5.74) is 0.176. The lowest BCUT2D eigenvalue weighted by Gasteiger charge is -2.22. The molecule has 46 valence electrons. The van der Waals surface area contributed by atoms with Crippen molar-refractivity contribution in [2.75, 3.05) is 6.61 Å². The van der Waals surface area contributed by atoms with Gasteiger partial charge in [0.2, 0.25) is 0 Å². The quantitative estimate of drug-likeness (QED) is 0.466. The maximum atomic E-state index is 7.17. The summed E-state index contributed by atoms with van der Waals surface area (Å²) in [5, 5.41) is 0. The molecule has 0 saturated heterocycles. The summed E-state index contributed by atoms with van der Waals surface area (Å²) in [6.45, 7) is 4.93. The molecule has 0 fully saturated rings. The van der Waals surface area contributed by atoms with Crippen LogP contribution < -0.4 is 0 Å². The number of ether oxygens (including phenoxy) is 1. The van der Waals surface area contributed by atoms with Crippen LogP contribution in [0, 0.1) is 5.41 Å². The third-order valence-electron chi connectivity index (χ3n) is 1.38. The van der Waals surface area contributed by atoms with Crippen molar-refractivity contribution in [3.63, 3.8) is 0 Å².